The maximum atomic E-state index is 5.55. The average Bonchev–Trinajstić information content (AvgIpc) is 2.60. The SMILES string of the molecule is CCCc1cccc(C=Cc2c(OC)ccc3ccccc23)c1.N. The van der Waals surface area contributed by atoms with Crippen molar-refractivity contribution >= 4 is 22.9 Å². The van der Waals surface area contributed by atoms with E-state index in [0.717, 1.165) is 17.7 Å². The summed E-state index contributed by atoms with van der Waals surface area (Å²) in [6.07, 6.45) is 6.62. The predicted octanol–water partition coefficient (Wildman–Crippen LogP) is 6.13. The average molecular weight is 319 g/mol. The highest BCUT2D eigenvalue weighted by molar-refractivity contribution is 5.95. The zero-order chi connectivity index (χ0) is 16.1. The van der Waals surface area contributed by atoms with Crippen LogP contribution in [0.5, 0.6) is 5.75 Å². The number of fused-ring (bicyclic) bond motifs is 1. The van der Waals surface area contributed by atoms with E-state index in [9.17, 15) is 0 Å². The fraction of sp³-hybridized carbons (Fsp3) is 0.182. The van der Waals surface area contributed by atoms with Gasteiger partial charge in [0.15, 0.2) is 0 Å². The van der Waals surface area contributed by atoms with E-state index in [4.69, 9.17) is 4.74 Å². The van der Waals surface area contributed by atoms with Crippen LogP contribution in [0.2, 0.25) is 0 Å². The molecule has 0 bridgehead atoms. The molecule has 3 N–H and O–H groups in total. The number of aryl methyl sites for hydroxylation is 1. The predicted molar refractivity (Wildman–Crippen MR) is 105 cm³/mol. The molecule has 0 atom stereocenters. The minimum atomic E-state index is 0. The summed E-state index contributed by atoms with van der Waals surface area (Å²) in [5, 5.41) is 2.44. The molecule has 0 amide bonds. The Morgan fingerprint density at radius 3 is 2.54 bits per heavy atom. The van der Waals surface area contributed by atoms with Gasteiger partial charge in [-0.1, -0.05) is 80.1 Å². The first kappa shape index (κ1) is 17.8. The molecule has 0 fully saturated rings. The molecule has 0 saturated carbocycles. The third-order valence-corrected chi connectivity index (χ3v) is 4.08. The van der Waals surface area contributed by atoms with E-state index in [0.29, 0.717) is 0 Å². The fourth-order valence-electron chi connectivity index (χ4n) is 2.95. The molecule has 0 unspecified atom stereocenters. The summed E-state index contributed by atoms with van der Waals surface area (Å²) in [7, 11) is 1.73. The first-order valence-corrected chi connectivity index (χ1v) is 8.14. The number of methoxy groups -OCH3 is 1. The first-order chi connectivity index (χ1) is 11.3. The summed E-state index contributed by atoms with van der Waals surface area (Å²) in [4.78, 5) is 0. The van der Waals surface area contributed by atoms with Gasteiger partial charge < -0.3 is 10.9 Å². The van der Waals surface area contributed by atoms with Crippen LogP contribution in [0.1, 0.15) is 30.0 Å². The Kier molecular flexibility index (Phi) is 6.16. The minimum Gasteiger partial charge on any atom is -0.496 e. The quantitative estimate of drug-likeness (QED) is 0.575. The van der Waals surface area contributed by atoms with Gasteiger partial charge in [0.25, 0.3) is 0 Å². The Morgan fingerprint density at radius 1 is 0.917 bits per heavy atom. The number of rotatable bonds is 5. The third kappa shape index (κ3) is 3.84. The van der Waals surface area contributed by atoms with E-state index in [1.807, 2.05) is 6.07 Å². The van der Waals surface area contributed by atoms with Gasteiger partial charge in [-0.05, 0) is 34.4 Å². The van der Waals surface area contributed by atoms with Crippen LogP contribution in [-0.4, -0.2) is 7.11 Å². The van der Waals surface area contributed by atoms with Gasteiger partial charge >= 0.3 is 0 Å². The van der Waals surface area contributed by atoms with E-state index in [1.165, 1.54) is 28.3 Å². The Balaban J connectivity index is 0.00000208. The standard InChI is InChI=1S/C22H22O.H3N/c1-3-7-17-8-6-9-18(16-17)12-14-21-20-11-5-4-10-19(20)13-15-22(21)23-2;/h4-6,8-16H,3,7H2,1-2H3;1H3. The molecule has 24 heavy (non-hydrogen) atoms. The van der Waals surface area contributed by atoms with Gasteiger partial charge in [-0.15, -0.1) is 0 Å². The van der Waals surface area contributed by atoms with Crippen molar-refractivity contribution in [2.45, 2.75) is 19.8 Å². The zero-order valence-corrected chi connectivity index (χ0v) is 14.5. The summed E-state index contributed by atoms with van der Waals surface area (Å²) in [6, 6.07) is 21.3. The largest absolute Gasteiger partial charge is 0.496 e. The van der Waals surface area contributed by atoms with Crippen LogP contribution in [0.15, 0.2) is 60.7 Å². The lowest BCUT2D eigenvalue weighted by atomic mass is 10.0. The molecule has 0 heterocycles. The van der Waals surface area contributed by atoms with Crippen LogP contribution in [0.3, 0.4) is 0 Å². The van der Waals surface area contributed by atoms with Gasteiger partial charge in [0, 0.05) is 5.56 Å². The van der Waals surface area contributed by atoms with Crippen LogP contribution >= 0.6 is 0 Å². The molecule has 0 aliphatic heterocycles. The van der Waals surface area contributed by atoms with Crippen LogP contribution in [0.4, 0.5) is 0 Å². The van der Waals surface area contributed by atoms with Crippen molar-refractivity contribution in [1.29, 1.82) is 0 Å². The van der Waals surface area contributed by atoms with Crippen molar-refractivity contribution in [3.05, 3.63) is 77.4 Å². The third-order valence-electron chi connectivity index (χ3n) is 4.08. The van der Waals surface area contributed by atoms with Crippen LogP contribution < -0.4 is 10.9 Å². The lowest BCUT2D eigenvalue weighted by Crippen LogP contribution is -1.88. The molecule has 0 aliphatic rings. The molecule has 0 aromatic heterocycles. The Bertz CT molecular complexity index is 836. The molecule has 124 valence electrons. The van der Waals surface area contributed by atoms with Gasteiger partial charge in [0.1, 0.15) is 5.75 Å². The second kappa shape index (κ2) is 8.32. The Hall–Kier alpha value is -2.58. The molecule has 0 radical (unpaired) electrons. The fourth-order valence-corrected chi connectivity index (χ4v) is 2.95. The maximum Gasteiger partial charge on any atom is 0.126 e. The van der Waals surface area contributed by atoms with Crippen molar-refractivity contribution in [3.8, 4) is 5.75 Å². The molecule has 2 heteroatoms. The van der Waals surface area contributed by atoms with Gasteiger partial charge in [-0.2, -0.15) is 0 Å². The number of benzene rings is 3. The summed E-state index contributed by atoms with van der Waals surface area (Å²) in [5.41, 5.74) is 3.75. The zero-order valence-electron chi connectivity index (χ0n) is 14.5. The van der Waals surface area contributed by atoms with Crippen molar-refractivity contribution in [2.24, 2.45) is 0 Å². The summed E-state index contributed by atoms with van der Waals surface area (Å²) in [6.45, 7) is 2.21. The van der Waals surface area contributed by atoms with Crippen molar-refractivity contribution in [3.63, 3.8) is 0 Å². The highest BCUT2D eigenvalue weighted by Crippen LogP contribution is 2.29. The molecule has 3 aromatic carbocycles. The molecule has 3 rings (SSSR count). The molecule has 0 spiro atoms. The highest BCUT2D eigenvalue weighted by Gasteiger charge is 2.05. The van der Waals surface area contributed by atoms with E-state index < -0.39 is 0 Å². The molecular weight excluding hydrogens is 294 g/mol. The van der Waals surface area contributed by atoms with Crippen molar-refractivity contribution in [2.75, 3.05) is 7.11 Å². The normalized spacial score (nSPS) is 10.8. The number of hydrogen-bond acceptors (Lipinski definition) is 2. The number of hydrogen-bond donors (Lipinski definition) is 1. The van der Waals surface area contributed by atoms with Gasteiger partial charge in [0.05, 0.1) is 7.11 Å². The van der Waals surface area contributed by atoms with Crippen LogP contribution in [-0.2, 0) is 6.42 Å². The minimum absolute atomic E-state index is 0. The lowest BCUT2D eigenvalue weighted by Gasteiger charge is -2.09. The van der Waals surface area contributed by atoms with Gasteiger partial charge in [-0.25, -0.2) is 0 Å². The number of ether oxygens (including phenoxy) is 1. The smallest absolute Gasteiger partial charge is 0.126 e. The first-order valence-electron chi connectivity index (χ1n) is 8.14. The molecule has 3 aromatic rings. The summed E-state index contributed by atoms with van der Waals surface area (Å²) < 4.78 is 5.55. The second-order valence-corrected chi connectivity index (χ2v) is 5.73. The molecular formula is C22H25NO. The van der Waals surface area contributed by atoms with Crippen LogP contribution in [0, 0.1) is 0 Å². The van der Waals surface area contributed by atoms with Crippen LogP contribution in [0.25, 0.3) is 22.9 Å². The van der Waals surface area contributed by atoms with E-state index in [-0.39, 0.29) is 6.15 Å². The van der Waals surface area contributed by atoms with E-state index in [2.05, 4.69) is 73.7 Å². The monoisotopic (exact) mass is 319 g/mol. The maximum absolute atomic E-state index is 5.55. The Morgan fingerprint density at radius 2 is 1.75 bits per heavy atom. The lowest BCUT2D eigenvalue weighted by molar-refractivity contribution is 0.414. The van der Waals surface area contributed by atoms with E-state index in [1.54, 1.807) is 7.11 Å². The summed E-state index contributed by atoms with van der Waals surface area (Å²) in [5.74, 6) is 0.907. The highest BCUT2D eigenvalue weighted by atomic mass is 16.5. The molecule has 2 nitrogen and oxygen atoms in total. The Labute approximate surface area is 144 Å². The molecule has 0 saturated heterocycles. The van der Waals surface area contributed by atoms with Gasteiger partial charge in [0.2, 0.25) is 0 Å². The summed E-state index contributed by atoms with van der Waals surface area (Å²) >= 11 is 0. The van der Waals surface area contributed by atoms with Crippen molar-refractivity contribution in [1.82, 2.24) is 6.15 Å². The van der Waals surface area contributed by atoms with Gasteiger partial charge in [-0.3, -0.25) is 0 Å². The molecule has 0 aliphatic carbocycles. The topological polar surface area (TPSA) is 44.2 Å². The second-order valence-electron chi connectivity index (χ2n) is 5.73. The van der Waals surface area contributed by atoms with Crippen molar-refractivity contribution < 1.29 is 4.74 Å². The van der Waals surface area contributed by atoms with E-state index >= 15 is 0 Å².